The number of halogens is 2. The van der Waals surface area contributed by atoms with Crippen LogP contribution >= 0.6 is 22.6 Å². The summed E-state index contributed by atoms with van der Waals surface area (Å²) in [4.78, 5) is 23.8. The highest BCUT2D eigenvalue weighted by Gasteiger charge is 2.33. The molecule has 2 unspecified atom stereocenters. The average Bonchev–Trinajstić information content (AvgIpc) is 2.40. The first-order valence-corrected chi connectivity index (χ1v) is 7.24. The van der Waals surface area contributed by atoms with Crippen LogP contribution in [0.15, 0.2) is 30.9 Å². The molecule has 20 heavy (non-hydrogen) atoms. The van der Waals surface area contributed by atoms with Gasteiger partial charge < -0.3 is 10.6 Å². The number of carbonyl (C=O) groups is 2. The Morgan fingerprint density at radius 3 is 2.60 bits per heavy atom. The number of benzene rings is 1. The quantitative estimate of drug-likeness (QED) is 0.608. The summed E-state index contributed by atoms with van der Waals surface area (Å²) in [7, 11) is 0. The van der Waals surface area contributed by atoms with Crippen LogP contribution in [0.4, 0.5) is 4.39 Å². The maximum absolute atomic E-state index is 13.7. The molecule has 106 valence electrons. The van der Waals surface area contributed by atoms with Crippen molar-refractivity contribution < 1.29 is 14.0 Å². The van der Waals surface area contributed by atoms with Crippen molar-refractivity contribution in [3.8, 4) is 0 Å². The van der Waals surface area contributed by atoms with Gasteiger partial charge in [0, 0.05) is 9.99 Å². The largest absolute Gasteiger partial charge is 0.342 e. The molecule has 0 bridgehead atoms. The highest BCUT2D eigenvalue weighted by molar-refractivity contribution is 14.1. The summed E-state index contributed by atoms with van der Waals surface area (Å²) in [6.07, 6.45) is 2.09. The van der Waals surface area contributed by atoms with Crippen molar-refractivity contribution in [2.24, 2.45) is 0 Å². The number of rotatable bonds is 4. The molecular weight excluding hydrogens is 374 g/mol. The maximum Gasteiger partial charge on any atom is 0.243 e. The van der Waals surface area contributed by atoms with Crippen LogP contribution in [0.3, 0.4) is 0 Å². The molecule has 0 radical (unpaired) electrons. The fraction of sp³-hybridized carbons (Fsp3) is 0.286. The topological polar surface area (TPSA) is 58.2 Å². The van der Waals surface area contributed by atoms with Gasteiger partial charge in [0.15, 0.2) is 0 Å². The van der Waals surface area contributed by atoms with Gasteiger partial charge in [0.05, 0.1) is 0 Å². The van der Waals surface area contributed by atoms with E-state index in [1.165, 1.54) is 6.07 Å². The van der Waals surface area contributed by atoms with E-state index >= 15 is 0 Å². The van der Waals surface area contributed by atoms with Crippen LogP contribution in [-0.4, -0.2) is 23.9 Å². The molecule has 0 spiro atoms. The standard InChI is InChI=1S/C14H14FIN2O2/c1-2-3-11-13(19)18-12(14(20)17-11)7-8-6-9(16)4-5-10(8)15/h2,4-6,11-12H,1,3,7H2,(H,17,20)(H,18,19). The summed E-state index contributed by atoms with van der Waals surface area (Å²) >= 11 is 2.07. The molecule has 2 N–H and O–H groups in total. The molecule has 4 nitrogen and oxygen atoms in total. The molecule has 1 fully saturated rings. The zero-order valence-electron chi connectivity index (χ0n) is 10.7. The van der Waals surface area contributed by atoms with E-state index < -0.39 is 12.1 Å². The predicted molar refractivity (Wildman–Crippen MR) is 81.5 cm³/mol. The number of nitrogens with one attached hydrogen (secondary N) is 2. The van der Waals surface area contributed by atoms with Gasteiger partial charge in [-0.15, -0.1) is 6.58 Å². The van der Waals surface area contributed by atoms with Gasteiger partial charge in [0.1, 0.15) is 17.9 Å². The first kappa shape index (κ1) is 15.0. The zero-order chi connectivity index (χ0) is 14.7. The van der Waals surface area contributed by atoms with Crippen molar-refractivity contribution in [3.63, 3.8) is 0 Å². The van der Waals surface area contributed by atoms with Crippen LogP contribution in [0.5, 0.6) is 0 Å². The van der Waals surface area contributed by atoms with E-state index in [0.29, 0.717) is 12.0 Å². The van der Waals surface area contributed by atoms with E-state index in [9.17, 15) is 14.0 Å². The Morgan fingerprint density at radius 1 is 1.25 bits per heavy atom. The van der Waals surface area contributed by atoms with Crippen molar-refractivity contribution in [2.45, 2.75) is 24.9 Å². The number of hydrogen-bond donors (Lipinski definition) is 2. The van der Waals surface area contributed by atoms with Gasteiger partial charge in [-0.25, -0.2) is 4.39 Å². The van der Waals surface area contributed by atoms with Gasteiger partial charge in [0.25, 0.3) is 0 Å². The number of hydrogen-bond acceptors (Lipinski definition) is 2. The molecule has 1 aromatic carbocycles. The Bertz CT molecular complexity index is 562. The van der Waals surface area contributed by atoms with E-state index in [4.69, 9.17) is 0 Å². The highest BCUT2D eigenvalue weighted by Crippen LogP contribution is 2.15. The van der Waals surface area contributed by atoms with E-state index in [-0.39, 0.29) is 24.1 Å². The summed E-state index contributed by atoms with van der Waals surface area (Å²) in [6.45, 7) is 3.54. The van der Waals surface area contributed by atoms with Crippen molar-refractivity contribution >= 4 is 34.4 Å². The molecule has 1 aromatic rings. The van der Waals surface area contributed by atoms with E-state index in [0.717, 1.165) is 3.57 Å². The third-order valence-corrected chi connectivity index (χ3v) is 3.77. The Hall–Kier alpha value is -1.44. The Morgan fingerprint density at radius 2 is 1.90 bits per heavy atom. The van der Waals surface area contributed by atoms with Crippen LogP contribution in [0.25, 0.3) is 0 Å². The maximum atomic E-state index is 13.7. The van der Waals surface area contributed by atoms with Crippen molar-refractivity contribution in [1.82, 2.24) is 10.6 Å². The second-order valence-corrected chi connectivity index (χ2v) is 5.83. The first-order valence-electron chi connectivity index (χ1n) is 6.17. The minimum absolute atomic E-state index is 0.140. The summed E-state index contributed by atoms with van der Waals surface area (Å²) in [5.41, 5.74) is 0.416. The molecule has 2 atom stereocenters. The second kappa shape index (κ2) is 6.34. The van der Waals surface area contributed by atoms with Crippen LogP contribution in [0.2, 0.25) is 0 Å². The Kier molecular flexibility index (Phi) is 4.74. The number of carbonyl (C=O) groups excluding carboxylic acids is 2. The lowest BCUT2D eigenvalue weighted by Gasteiger charge is -2.29. The number of piperazine rings is 1. The highest BCUT2D eigenvalue weighted by atomic mass is 127. The molecule has 6 heteroatoms. The SMILES string of the molecule is C=CCC1NC(=O)C(Cc2cc(I)ccc2F)NC1=O. The second-order valence-electron chi connectivity index (χ2n) is 4.59. The molecule has 0 saturated carbocycles. The summed E-state index contributed by atoms with van der Waals surface area (Å²) in [5.74, 6) is -0.934. The van der Waals surface area contributed by atoms with Crippen molar-refractivity contribution in [3.05, 3.63) is 45.8 Å². The third-order valence-electron chi connectivity index (χ3n) is 3.10. The summed E-state index contributed by atoms with van der Waals surface area (Å²) in [5, 5.41) is 5.25. The minimum atomic E-state index is -0.740. The van der Waals surface area contributed by atoms with Gasteiger partial charge >= 0.3 is 0 Å². The van der Waals surface area contributed by atoms with Gasteiger partial charge in [-0.2, -0.15) is 0 Å². The zero-order valence-corrected chi connectivity index (χ0v) is 12.8. The fourth-order valence-electron chi connectivity index (χ4n) is 2.07. The molecule has 1 aliphatic rings. The van der Waals surface area contributed by atoms with Gasteiger partial charge in [-0.05, 0) is 52.8 Å². The molecular formula is C14H14FIN2O2. The van der Waals surface area contributed by atoms with E-state index in [1.807, 2.05) is 0 Å². The lowest BCUT2D eigenvalue weighted by Crippen LogP contribution is -2.62. The summed E-state index contributed by atoms with van der Waals surface area (Å²) < 4.78 is 14.6. The normalized spacial score (nSPS) is 22.1. The van der Waals surface area contributed by atoms with Crippen LogP contribution < -0.4 is 10.6 Å². The van der Waals surface area contributed by atoms with Crippen molar-refractivity contribution in [1.29, 1.82) is 0 Å². The lowest BCUT2D eigenvalue weighted by atomic mass is 10.0. The predicted octanol–water partition coefficient (Wildman–Crippen LogP) is 1.53. The first-order chi connectivity index (χ1) is 9.51. The summed E-state index contributed by atoms with van der Waals surface area (Å²) in [6, 6.07) is 3.36. The van der Waals surface area contributed by atoms with Gasteiger partial charge in [-0.1, -0.05) is 6.08 Å². The van der Waals surface area contributed by atoms with Gasteiger partial charge in [0.2, 0.25) is 11.8 Å². The Balaban J connectivity index is 2.11. The smallest absolute Gasteiger partial charge is 0.243 e. The molecule has 1 aliphatic heterocycles. The number of amides is 2. The molecule has 0 aromatic heterocycles. The third kappa shape index (κ3) is 3.36. The molecule has 1 heterocycles. The van der Waals surface area contributed by atoms with Gasteiger partial charge in [-0.3, -0.25) is 9.59 Å². The fourth-order valence-corrected chi connectivity index (χ4v) is 2.63. The van der Waals surface area contributed by atoms with Crippen LogP contribution in [-0.2, 0) is 16.0 Å². The van der Waals surface area contributed by atoms with E-state index in [1.54, 1.807) is 18.2 Å². The Labute approximate surface area is 130 Å². The minimum Gasteiger partial charge on any atom is -0.342 e. The van der Waals surface area contributed by atoms with Crippen LogP contribution in [0.1, 0.15) is 12.0 Å². The van der Waals surface area contributed by atoms with E-state index in [2.05, 4.69) is 39.8 Å². The molecule has 2 amide bonds. The molecule has 1 saturated heterocycles. The lowest BCUT2D eigenvalue weighted by molar-refractivity contribution is -0.136. The molecule has 2 rings (SSSR count). The van der Waals surface area contributed by atoms with Crippen molar-refractivity contribution in [2.75, 3.05) is 0 Å². The van der Waals surface area contributed by atoms with Crippen LogP contribution in [0, 0.1) is 9.39 Å². The monoisotopic (exact) mass is 388 g/mol. The average molecular weight is 388 g/mol. The molecule has 0 aliphatic carbocycles.